The van der Waals surface area contributed by atoms with Gasteiger partial charge in [0.1, 0.15) is 6.04 Å². The largest absolute Gasteiger partial charge is 0.368 e. The third kappa shape index (κ3) is 2.97. The molecular weight excluding hydrogens is 254 g/mol. The lowest BCUT2D eigenvalue weighted by atomic mass is 9.75. The Morgan fingerprint density at radius 3 is 2.75 bits per heavy atom. The lowest BCUT2D eigenvalue weighted by molar-refractivity contribution is -0.151. The van der Waals surface area contributed by atoms with Gasteiger partial charge in [-0.3, -0.25) is 9.59 Å². The normalized spacial score (nSPS) is 31.1. The molecule has 0 aromatic rings. The van der Waals surface area contributed by atoms with E-state index in [1.54, 1.807) is 4.90 Å². The van der Waals surface area contributed by atoms with Crippen molar-refractivity contribution in [2.45, 2.75) is 57.9 Å². The molecule has 2 fully saturated rings. The van der Waals surface area contributed by atoms with Gasteiger partial charge in [0, 0.05) is 13.1 Å². The van der Waals surface area contributed by atoms with E-state index in [-0.39, 0.29) is 17.2 Å². The highest BCUT2D eigenvalue weighted by Gasteiger charge is 2.44. The molecule has 0 bridgehead atoms. The minimum atomic E-state index is -0.396. The summed E-state index contributed by atoms with van der Waals surface area (Å²) >= 11 is 0. The second kappa shape index (κ2) is 6.57. The van der Waals surface area contributed by atoms with Crippen LogP contribution in [0.4, 0.5) is 0 Å². The van der Waals surface area contributed by atoms with Gasteiger partial charge in [-0.05, 0) is 45.1 Å². The summed E-state index contributed by atoms with van der Waals surface area (Å²) in [6, 6.07) is -0.396. The zero-order valence-electron chi connectivity index (χ0n) is 12.5. The minimum Gasteiger partial charge on any atom is -0.368 e. The van der Waals surface area contributed by atoms with Crippen molar-refractivity contribution >= 4 is 11.8 Å². The Bertz CT molecular complexity index is 359. The van der Waals surface area contributed by atoms with E-state index in [1.165, 1.54) is 0 Å². The van der Waals surface area contributed by atoms with Crippen molar-refractivity contribution in [2.24, 2.45) is 11.1 Å². The molecule has 3 N–H and O–H groups in total. The van der Waals surface area contributed by atoms with Crippen molar-refractivity contribution in [1.82, 2.24) is 10.2 Å². The number of hydrogen-bond donors (Lipinski definition) is 2. The van der Waals surface area contributed by atoms with Crippen molar-refractivity contribution in [3.05, 3.63) is 0 Å². The molecule has 0 radical (unpaired) electrons. The summed E-state index contributed by atoms with van der Waals surface area (Å²) in [5.74, 6) is -0.205. The summed E-state index contributed by atoms with van der Waals surface area (Å²) in [6.45, 7) is 4.52. The number of likely N-dealkylation sites (tertiary alicyclic amines) is 1. The minimum absolute atomic E-state index is 0.148. The van der Waals surface area contributed by atoms with Crippen molar-refractivity contribution < 1.29 is 9.59 Å². The fourth-order valence-corrected chi connectivity index (χ4v) is 3.72. The van der Waals surface area contributed by atoms with Crippen molar-refractivity contribution in [3.8, 4) is 0 Å². The summed E-state index contributed by atoms with van der Waals surface area (Å²) in [5, 5.41) is 3.36. The van der Waals surface area contributed by atoms with Crippen LogP contribution in [0.15, 0.2) is 0 Å². The smallest absolute Gasteiger partial charge is 0.240 e. The number of primary amides is 1. The van der Waals surface area contributed by atoms with Crippen LogP contribution in [0.5, 0.6) is 0 Å². The van der Waals surface area contributed by atoms with E-state index in [4.69, 9.17) is 5.73 Å². The van der Waals surface area contributed by atoms with Crippen LogP contribution in [0, 0.1) is 5.41 Å². The number of rotatable bonds is 4. The first kappa shape index (κ1) is 15.3. The van der Waals surface area contributed by atoms with Gasteiger partial charge in [0.25, 0.3) is 0 Å². The fourth-order valence-electron chi connectivity index (χ4n) is 3.72. The van der Waals surface area contributed by atoms with Gasteiger partial charge in [-0.15, -0.1) is 0 Å². The fraction of sp³-hybridized carbons (Fsp3) is 0.867. The Hall–Kier alpha value is -1.10. The Morgan fingerprint density at radius 2 is 2.15 bits per heavy atom. The van der Waals surface area contributed by atoms with Gasteiger partial charge in [0.15, 0.2) is 0 Å². The van der Waals surface area contributed by atoms with Crippen LogP contribution in [0.2, 0.25) is 0 Å². The Morgan fingerprint density at radius 1 is 1.35 bits per heavy atom. The molecule has 2 aliphatic rings. The maximum Gasteiger partial charge on any atom is 0.240 e. The first-order valence-electron chi connectivity index (χ1n) is 7.92. The van der Waals surface area contributed by atoms with Gasteiger partial charge < -0.3 is 16.0 Å². The Balaban J connectivity index is 2.18. The monoisotopic (exact) mass is 281 g/mol. The van der Waals surface area contributed by atoms with Crippen LogP contribution in [0.25, 0.3) is 0 Å². The molecule has 5 heteroatoms. The number of amides is 2. The van der Waals surface area contributed by atoms with E-state index in [2.05, 4.69) is 12.2 Å². The number of nitrogens with two attached hydrogens (primary N) is 1. The summed E-state index contributed by atoms with van der Waals surface area (Å²) in [6.07, 6.45) is 6.51. The number of hydrogen-bond acceptors (Lipinski definition) is 3. The van der Waals surface area contributed by atoms with Crippen molar-refractivity contribution in [3.63, 3.8) is 0 Å². The molecule has 114 valence electrons. The molecule has 2 unspecified atom stereocenters. The first-order chi connectivity index (χ1) is 9.60. The molecule has 5 nitrogen and oxygen atoms in total. The highest BCUT2D eigenvalue weighted by molar-refractivity contribution is 5.90. The molecular formula is C15H27N3O2. The van der Waals surface area contributed by atoms with Crippen LogP contribution >= 0.6 is 0 Å². The lowest BCUT2D eigenvalue weighted by Gasteiger charge is -2.43. The molecule has 0 spiro atoms. The third-order valence-electron chi connectivity index (χ3n) is 4.75. The Labute approximate surface area is 121 Å². The molecule has 0 aromatic carbocycles. The number of piperidine rings is 2. The van der Waals surface area contributed by atoms with Crippen LogP contribution in [0.3, 0.4) is 0 Å². The molecule has 2 heterocycles. The zero-order chi connectivity index (χ0) is 14.6. The zero-order valence-corrected chi connectivity index (χ0v) is 12.5. The average Bonchev–Trinajstić information content (AvgIpc) is 2.47. The van der Waals surface area contributed by atoms with Gasteiger partial charge >= 0.3 is 0 Å². The number of nitrogens with zero attached hydrogens (tertiary/aromatic N) is 1. The maximum absolute atomic E-state index is 13.1. The second-order valence-corrected chi connectivity index (χ2v) is 6.22. The summed E-state index contributed by atoms with van der Waals surface area (Å²) in [4.78, 5) is 26.5. The molecule has 0 aromatic heterocycles. The number of carbonyl (C=O) groups is 2. The quantitative estimate of drug-likeness (QED) is 0.808. The van der Waals surface area contributed by atoms with E-state index in [1.807, 2.05) is 0 Å². The van der Waals surface area contributed by atoms with Crippen LogP contribution < -0.4 is 11.1 Å². The van der Waals surface area contributed by atoms with E-state index >= 15 is 0 Å². The standard InChI is InChI=1S/C15H27N3O2/c1-2-7-15(8-5-9-17-11-15)14(20)18-10-4-3-6-12(18)13(16)19/h12,17H,2-11H2,1H3,(H2,16,19). The average molecular weight is 281 g/mol. The highest BCUT2D eigenvalue weighted by atomic mass is 16.2. The van der Waals surface area contributed by atoms with E-state index in [0.717, 1.165) is 58.0 Å². The van der Waals surface area contributed by atoms with Crippen molar-refractivity contribution in [2.75, 3.05) is 19.6 Å². The van der Waals surface area contributed by atoms with E-state index in [0.29, 0.717) is 6.54 Å². The topological polar surface area (TPSA) is 75.4 Å². The molecule has 2 saturated heterocycles. The summed E-state index contributed by atoms with van der Waals surface area (Å²) in [7, 11) is 0. The second-order valence-electron chi connectivity index (χ2n) is 6.22. The van der Waals surface area contributed by atoms with Crippen LogP contribution in [-0.2, 0) is 9.59 Å². The highest BCUT2D eigenvalue weighted by Crippen LogP contribution is 2.35. The summed E-state index contributed by atoms with van der Waals surface area (Å²) < 4.78 is 0. The van der Waals surface area contributed by atoms with Gasteiger partial charge in [-0.25, -0.2) is 0 Å². The molecule has 2 amide bonds. The number of carbonyl (C=O) groups excluding carboxylic acids is 2. The van der Waals surface area contributed by atoms with Crippen molar-refractivity contribution in [1.29, 1.82) is 0 Å². The SMILES string of the molecule is CCCC1(C(=O)N2CCCCC2C(N)=O)CCCNC1. The predicted octanol–water partition coefficient (Wildman–Crippen LogP) is 1.02. The predicted molar refractivity (Wildman–Crippen MR) is 78.0 cm³/mol. The van der Waals surface area contributed by atoms with E-state index in [9.17, 15) is 9.59 Å². The molecule has 0 saturated carbocycles. The molecule has 2 aliphatic heterocycles. The summed E-state index contributed by atoms with van der Waals surface area (Å²) in [5.41, 5.74) is 5.17. The third-order valence-corrected chi connectivity index (χ3v) is 4.75. The van der Waals surface area contributed by atoms with Gasteiger partial charge in [-0.1, -0.05) is 13.3 Å². The van der Waals surface area contributed by atoms with Crippen LogP contribution in [0.1, 0.15) is 51.9 Å². The first-order valence-corrected chi connectivity index (χ1v) is 7.92. The van der Waals surface area contributed by atoms with Gasteiger partial charge in [0.2, 0.25) is 11.8 Å². The lowest BCUT2D eigenvalue weighted by Crippen LogP contribution is -2.58. The van der Waals surface area contributed by atoms with Gasteiger partial charge in [0.05, 0.1) is 5.41 Å². The molecule has 2 atom stereocenters. The maximum atomic E-state index is 13.1. The van der Waals surface area contributed by atoms with E-state index < -0.39 is 6.04 Å². The van der Waals surface area contributed by atoms with Gasteiger partial charge in [-0.2, -0.15) is 0 Å². The Kier molecular flexibility index (Phi) is 5.02. The molecule has 0 aliphatic carbocycles. The number of nitrogens with one attached hydrogen (secondary N) is 1. The van der Waals surface area contributed by atoms with Crippen LogP contribution in [-0.4, -0.2) is 42.4 Å². The molecule has 2 rings (SSSR count). The molecule has 20 heavy (non-hydrogen) atoms.